The van der Waals surface area contributed by atoms with E-state index < -0.39 is 17.5 Å². The normalized spacial score (nSPS) is 19.6. The van der Waals surface area contributed by atoms with Crippen LogP contribution < -0.4 is 20.9 Å². The number of piperidine rings is 2. The minimum Gasteiger partial charge on any atom is -0.494 e. The van der Waals surface area contributed by atoms with Crippen LogP contribution in [0.15, 0.2) is 41.3 Å². The summed E-state index contributed by atoms with van der Waals surface area (Å²) >= 11 is 1.78. The number of hydrogen-bond acceptors (Lipinski definition) is 9. The first-order valence-electron chi connectivity index (χ1n) is 16.1. The molecule has 3 aliphatic rings. The van der Waals surface area contributed by atoms with E-state index in [4.69, 9.17) is 4.74 Å². The predicted octanol–water partition coefficient (Wildman–Crippen LogP) is 5.97. The molecule has 2 amide bonds. The molecule has 1 unspecified atom stereocenters. The van der Waals surface area contributed by atoms with Gasteiger partial charge in [0, 0.05) is 42.9 Å². The Morgan fingerprint density at radius 2 is 1.87 bits per heavy atom. The van der Waals surface area contributed by atoms with Crippen molar-refractivity contribution in [2.75, 3.05) is 30.8 Å². The van der Waals surface area contributed by atoms with Crippen molar-refractivity contribution < 1.29 is 23.1 Å². The summed E-state index contributed by atoms with van der Waals surface area (Å²) in [5, 5.41) is 6.04. The zero-order valence-electron chi connectivity index (χ0n) is 26.1. The number of aromatic nitrogens is 3. The first-order chi connectivity index (χ1) is 22.2. The number of carbonyl (C=O) groups excluding carboxylic acids is 2. The summed E-state index contributed by atoms with van der Waals surface area (Å²) in [5.74, 6) is 2.23. The van der Waals surface area contributed by atoms with E-state index in [2.05, 4.69) is 36.8 Å². The topological polar surface area (TPSA) is 129 Å². The lowest BCUT2D eigenvalue weighted by molar-refractivity contribution is -0.134. The number of pyridine rings is 1. The number of aromatic amines is 1. The lowest BCUT2D eigenvalue weighted by Gasteiger charge is -2.31. The second-order valence-corrected chi connectivity index (χ2v) is 13.4. The number of nitrogens with one attached hydrogen (secondary N) is 3. The van der Waals surface area contributed by atoms with E-state index in [1.165, 1.54) is 31.9 Å². The van der Waals surface area contributed by atoms with Crippen LogP contribution in [0.5, 0.6) is 5.75 Å². The van der Waals surface area contributed by atoms with Crippen molar-refractivity contribution in [3.05, 3.63) is 58.0 Å². The minimum atomic E-state index is -2.86. The Hall–Kier alpha value is -3.58. The van der Waals surface area contributed by atoms with Crippen LogP contribution in [0.4, 0.5) is 14.7 Å². The summed E-state index contributed by atoms with van der Waals surface area (Å²) in [4.78, 5) is 46.3. The first-order valence-corrected chi connectivity index (χ1v) is 17.1. The minimum absolute atomic E-state index is 0.168. The highest BCUT2D eigenvalue weighted by Crippen LogP contribution is 2.28. The fourth-order valence-electron chi connectivity index (χ4n) is 5.96. The van der Waals surface area contributed by atoms with E-state index in [9.17, 15) is 23.2 Å². The molecule has 1 aromatic carbocycles. The summed E-state index contributed by atoms with van der Waals surface area (Å²) in [6, 6.07) is 8.80. The van der Waals surface area contributed by atoms with Gasteiger partial charge in [0.1, 0.15) is 11.4 Å². The highest BCUT2D eigenvalue weighted by atomic mass is 32.2. The van der Waals surface area contributed by atoms with Gasteiger partial charge in [0.15, 0.2) is 0 Å². The molecule has 0 spiro atoms. The second-order valence-electron chi connectivity index (χ2n) is 12.2. The molecule has 0 bridgehead atoms. The third-order valence-electron chi connectivity index (χ3n) is 8.62. The molecule has 46 heavy (non-hydrogen) atoms. The van der Waals surface area contributed by atoms with Crippen molar-refractivity contribution in [1.29, 1.82) is 0 Å². The number of nitrogens with zero attached hydrogens (tertiary/aromatic N) is 3. The summed E-state index contributed by atoms with van der Waals surface area (Å²) in [6.07, 6.45) is 8.02. The van der Waals surface area contributed by atoms with E-state index in [0.717, 1.165) is 55.7 Å². The molecular weight excluding hydrogens is 614 g/mol. The van der Waals surface area contributed by atoms with Crippen molar-refractivity contribution in [3.8, 4) is 5.75 Å². The summed E-state index contributed by atoms with van der Waals surface area (Å²) in [7, 11) is 0. The smallest absolute Gasteiger partial charge is 0.269 e. The van der Waals surface area contributed by atoms with Gasteiger partial charge >= 0.3 is 0 Å². The zero-order valence-corrected chi connectivity index (χ0v) is 26.9. The monoisotopic (exact) mass is 656 g/mol. The van der Waals surface area contributed by atoms with Gasteiger partial charge in [0.05, 0.1) is 18.1 Å². The van der Waals surface area contributed by atoms with Crippen molar-refractivity contribution in [2.24, 2.45) is 5.92 Å². The Balaban J connectivity index is 0.000000624. The van der Waals surface area contributed by atoms with Gasteiger partial charge < -0.3 is 15.0 Å². The average molecular weight is 657 g/mol. The number of halogens is 2. The third-order valence-corrected chi connectivity index (χ3v) is 9.82. The number of carbonyl (C=O) groups is 2. The maximum absolute atomic E-state index is 13.0. The van der Waals surface area contributed by atoms with E-state index in [1.807, 2.05) is 24.3 Å². The molecule has 2 aliphatic heterocycles. The largest absolute Gasteiger partial charge is 0.494 e. The lowest BCUT2D eigenvalue weighted by Crippen LogP contribution is -2.39. The maximum atomic E-state index is 13.0. The number of H-pyrrole nitrogens is 1. The van der Waals surface area contributed by atoms with E-state index in [-0.39, 0.29) is 29.4 Å². The van der Waals surface area contributed by atoms with E-state index in [0.29, 0.717) is 36.5 Å². The van der Waals surface area contributed by atoms with Gasteiger partial charge in [0.2, 0.25) is 17.8 Å². The predicted molar refractivity (Wildman–Crippen MR) is 175 cm³/mol. The van der Waals surface area contributed by atoms with Gasteiger partial charge in [-0.15, -0.1) is 0 Å². The SMILES string of the molecule is CC1CCCC1.O=C1CCC(c2cccc(OCCCSN3CCC(Nc4ncc5cc(C(F)F)c(=O)[nH]c5n4)CC3)c2)C(=O)N1. The molecule has 2 aromatic heterocycles. The Morgan fingerprint density at radius 3 is 2.57 bits per heavy atom. The van der Waals surface area contributed by atoms with Crippen LogP contribution in [-0.2, 0) is 9.59 Å². The number of benzene rings is 1. The van der Waals surface area contributed by atoms with Crippen LogP contribution in [0, 0.1) is 5.92 Å². The van der Waals surface area contributed by atoms with Crippen LogP contribution in [0.2, 0.25) is 0 Å². The van der Waals surface area contributed by atoms with Crippen molar-refractivity contribution in [2.45, 2.75) is 83.1 Å². The molecular formula is C33H42F2N6O4S. The van der Waals surface area contributed by atoms with Crippen molar-refractivity contribution in [3.63, 3.8) is 0 Å². The number of amides is 2. The van der Waals surface area contributed by atoms with Gasteiger partial charge in [-0.2, -0.15) is 4.98 Å². The molecule has 2 saturated heterocycles. The summed E-state index contributed by atoms with van der Waals surface area (Å²) in [6.45, 7) is 4.68. The van der Waals surface area contributed by atoms with Crippen LogP contribution in [0.1, 0.15) is 88.2 Å². The molecule has 1 atom stereocenters. The number of hydrogen-bond donors (Lipinski definition) is 3. The number of imide groups is 1. The van der Waals surface area contributed by atoms with Crippen molar-refractivity contribution in [1.82, 2.24) is 24.6 Å². The number of ether oxygens (including phenoxy) is 1. The molecule has 13 heteroatoms. The Bertz CT molecular complexity index is 1540. The molecule has 1 aliphatic carbocycles. The second kappa shape index (κ2) is 16.3. The van der Waals surface area contributed by atoms with Crippen LogP contribution in [0.3, 0.4) is 0 Å². The molecule has 0 radical (unpaired) electrons. The van der Waals surface area contributed by atoms with Gasteiger partial charge in [0.25, 0.3) is 12.0 Å². The standard InChI is InChI=1S/C27H30F2N6O4S.C6H12/c28-23(29)21-14-17-15-30-27(34-24(17)33-26(21)38)31-18-7-9-35(10-8-18)40-12-2-11-39-19-4-1-3-16(13-19)20-5-6-22(36)32-25(20)37;1-6-4-2-3-5-6/h1,3-4,13-15,18,20,23H,2,5-12H2,(H,32,36,37)(H2,30,31,33,34,38);6H,2-5H2,1H3. The molecule has 10 nitrogen and oxygen atoms in total. The van der Waals surface area contributed by atoms with E-state index >= 15 is 0 Å². The lowest BCUT2D eigenvalue weighted by atomic mass is 9.90. The van der Waals surface area contributed by atoms with E-state index in [1.54, 1.807) is 11.9 Å². The highest BCUT2D eigenvalue weighted by Gasteiger charge is 2.28. The Kier molecular flexibility index (Phi) is 12.0. The molecule has 248 valence electrons. The molecule has 3 N–H and O–H groups in total. The molecule has 3 aromatic rings. The first kappa shape index (κ1) is 33.8. The van der Waals surface area contributed by atoms with Crippen LogP contribution >= 0.6 is 11.9 Å². The molecule has 3 fully saturated rings. The Labute approximate surface area is 271 Å². The quantitative estimate of drug-likeness (QED) is 0.137. The average Bonchev–Trinajstić information content (AvgIpc) is 3.52. The van der Waals surface area contributed by atoms with Gasteiger partial charge in [-0.1, -0.05) is 56.7 Å². The molecule has 1 saturated carbocycles. The maximum Gasteiger partial charge on any atom is 0.269 e. The highest BCUT2D eigenvalue weighted by molar-refractivity contribution is 7.97. The summed E-state index contributed by atoms with van der Waals surface area (Å²) < 4.78 is 34.1. The van der Waals surface area contributed by atoms with Crippen LogP contribution in [-0.4, -0.2) is 62.6 Å². The van der Waals surface area contributed by atoms with Gasteiger partial charge in [-0.05, 0) is 55.4 Å². The fourth-order valence-corrected chi connectivity index (χ4v) is 6.93. The molecule has 6 rings (SSSR count). The number of alkyl halides is 2. The number of anilines is 1. The number of rotatable bonds is 10. The fraction of sp³-hybridized carbons (Fsp3) is 0.545. The molecule has 4 heterocycles. The van der Waals surface area contributed by atoms with Gasteiger partial charge in [-0.25, -0.2) is 13.8 Å². The third kappa shape index (κ3) is 9.47. The van der Waals surface area contributed by atoms with Crippen LogP contribution in [0.25, 0.3) is 11.0 Å². The van der Waals surface area contributed by atoms with Gasteiger partial charge in [-0.3, -0.25) is 24.0 Å². The zero-order chi connectivity index (χ0) is 32.5. The van der Waals surface area contributed by atoms with Crippen molar-refractivity contribution >= 4 is 40.7 Å². The Morgan fingerprint density at radius 1 is 1.09 bits per heavy atom. The number of fused-ring (bicyclic) bond motifs is 1. The summed E-state index contributed by atoms with van der Waals surface area (Å²) in [5.41, 5.74) is -0.350.